The fraction of sp³-hybridized carbons (Fsp3) is 0.545. The SMILES string of the molecule is Cc1cc(NC(=O)COC(=O)[C@H](C)N2C(=O)[C@@H]3[C@H]4CC[C@@H](C4)[C@H]3C2=O)c(C)cc1Br. The van der Waals surface area contributed by atoms with Gasteiger partial charge in [-0.2, -0.15) is 0 Å². The van der Waals surface area contributed by atoms with Gasteiger partial charge in [-0.3, -0.25) is 19.3 Å². The maximum atomic E-state index is 12.8. The van der Waals surface area contributed by atoms with E-state index >= 15 is 0 Å². The van der Waals surface area contributed by atoms with Crippen molar-refractivity contribution in [3.05, 3.63) is 27.7 Å². The topological polar surface area (TPSA) is 92.8 Å². The molecule has 4 rings (SSSR count). The first kappa shape index (κ1) is 21.0. The van der Waals surface area contributed by atoms with Gasteiger partial charge in [0.05, 0.1) is 11.8 Å². The highest BCUT2D eigenvalue weighted by Gasteiger charge is 2.62. The molecule has 0 spiro atoms. The summed E-state index contributed by atoms with van der Waals surface area (Å²) in [5, 5.41) is 2.73. The fourth-order valence-corrected chi connectivity index (χ4v) is 5.74. The Morgan fingerprint density at radius 3 is 2.33 bits per heavy atom. The number of hydrogen-bond donors (Lipinski definition) is 1. The number of likely N-dealkylation sites (tertiary alicyclic amines) is 1. The second-order valence-corrected chi connectivity index (χ2v) is 9.53. The number of imide groups is 1. The molecule has 3 amide bonds. The number of halogens is 1. The Balaban J connectivity index is 1.35. The molecule has 8 heteroatoms. The smallest absolute Gasteiger partial charge is 0.329 e. The predicted molar refractivity (Wildman–Crippen MR) is 112 cm³/mol. The van der Waals surface area contributed by atoms with Gasteiger partial charge in [0, 0.05) is 10.2 Å². The van der Waals surface area contributed by atoms with E-state index < -0.39 is 24.5 Å². The number of esters is 1. The molecule has 3 fully saturated rings. The van der Waals surface area contributed by atoms with Crippen molar-refractivity contribution in [3.63, 3.8) is 0 Å². The average molecular weight is 477 g/mol. The van der Waals surface area contributed by atoms with Crippen LogP contribution < -0.4 is 5.32 Å². The Labute approximate surface area is 183 Å². The summed E-state index contributed by atoms with van der Waals surface area (Å²) in [4.78, 5) is 51.5. The van der Waals surface area contributed by atoms with Crippen LogP contribution in [0, 0.1) is 37.5 Å². The molecule has 1 aliphatic heterocycles. The van der Waals surface area contributed by atoms with Gasteiger partial charge in [0.2, 0.25) is 11.8 Å². The van der Waals surface area contributed by atoms with Gasteiger partial charge in [-0.05, 0) is 75.1 Å². The number of carbonyl (C=O) groups excluding carboxylic acids is 4. The van der Waals surface area contributed by atoms with Crippen LogP contribution in [0.25, 0.3) is 0 Å². The molecule has 160 valence electrons. The number of ether oxygens (including phenoxy) is 1. The van der Waals surface area contributed by atoms with E-state index in [1.54, 1.807) is 0 Å². The van der Waals surface area contributed by atoms with Crippen LogP contribution in [0.3, 0.4) is 0 Å². The van der Waals surface area contributed by atoms with Gasteiger partial charge < -0.3 is 10.1 Å². The van der Waals surface area contributed by atoms with Crippen molar-refractivity contribution in [1.82, 2.24) is 4.90 Å². The summed E-state index contributed by atoms with van der Waals surface area (Å²) < 4.78 is 6.07. The number of amides is 3. The van der Waals surface area contributed by atoms with Crippen molar-refractivity contribution in [2.75, 3.05) is 11.9 Å². The van der Waals surface area contributed by atoms with Crippen molar-refractivity contribution in [2.45, 2.75) is 46.1 Å². The van der Waals surface area contributed by atoms with Crippen molar-refractivity contribution >= 4 is 45.3 Å². The van der Waals surface area contributed by atoms with Gasteiger partial charge in [0.1, 0.15) is 6.04 Å². The molecule has 1 saturated heterocycles. The molecule has 1 aromatic rings. The van der Waals surface area contributed by atoms with E-state index in [9.17, 15) is 19.2 Å². The summed E-state index contributed by atoms with van der Waals surface area (Å²) >= 11 is 3.44. The zero-order chi connectivity index (χ0) is 21.7. The molecule has 5 atom stereocenters. The summed E-state index contributed by atoms with van der Waals surface area (Å²) in [6.45, 7) is 4.78. The quantitative estimate of drug-likeness (QED) is 0.520. The van der Waals surface area contributed by atoms with E-state index in [2.05, 4.69) is 21.2 Å². The highest BCUT2D eigenvalue weighted by molar-refractivity contribution is 9.10. The van der Waals surface area contributed by atoms with Crippen LogP contribution >= 0.6 is 15.9 Å². The van der Waals surface area contributed by atoms with Gasteiger partial charge in [-0.15, -0.1) is 0 Å². The molecule has 30 heavy (non-hydrogen) atoms. The molecule has 0 unspecified atom stereocenters. The number of nitrogens with zero attached hydrogens (tertiary/aromatic N) is 1. The molecular formula is C22H25BrN2O5. The normalized spacial score (nSPS) is 27.9. The molecule has 1 heterocycles. The lowest BCUT2D eigenvalue weighted by atomic mass is 9.81. The van der Waals surface area contributed by atoms with Crippen LogP contribution in [-0.2, 0) is 23.9 Å². The van der Waals surface area contributed by atoms with Crippen LogP contribution in [-0.4, -0.2) is 41.2 Å². The standard InChI is InChI=1S/C22H25BrN2O5/c1-10-7-16(11(2)6-15(10)23)24-17(26)9-30-22(29)12(3)25-20(27)18-13-4-5-14(8-13)19(18)21(25)28/h6-7,12-14,18-19H,4-5,8-9H2,1-3H3,(H,24,26)/t12-,13-,14-,18+,19+/m0/s1. The van der Waals surface area contributed by atoms with Crippen molar-refractivity contribution in [3.8, 4) is 0 Å². The zero-order valence-electron chi connectivity index (χ0n) is 17.2. The lowest BCUT2D eigenvalue weighted by Crippen LogP contribution is -2.45. The first-order valence-corrected chi connectivity index (χ1v) is 11.1. The molecule has 2 saturated carbocycles. The highest BCUT2D eigenvalue weighted by Crippen LogP contribution is 2.56. The molecule has 1 aromatic carbocycles. The Kier molecular flexibility index (Phi) is 5.46. The van der Waals surface area contributed by atoms with Crippen LogP contribution in [0.2, 0.25) is 0 Å². The summed E-state index contributed by atoms with van der Waals surface area (Å²) in [5.41, 5.74) is 2.47. The van der Waals surface area contributed by atoms with Gasteiger partial charge in [0.25, 0.3) is 5.91 Å². The predicted octanol–water partition coefficient (Wildman–Crippen LogP) is 2.97. The Morgan fingerprint density at radius 2 is 1.73 bits per heavy atom. The Morgan fingerprint density at radius 1 is 1.13 bits per heavy atom. The van der Waals surface area contributed by atoms with Crippen molar-refractivity contribution in [1.29, 1.82) is 0 Å². The third-order valence-corrected chi connectivity index (χ3v) is 7.67. The third-order valence-electron chi connectivity index (χ3n) is 6.82. The van der Waals surface area contributed by atoms with E-state index in [-0.39, 0.29) is 35.5 Å². The largest absolute Gasteiger partial charge is 0.454 e. The monoisotopic (exact) mass is 476 g/mol. The number of aryl methyl sites for hydroxylation is 2. The van der Waals surface area contributed by atoms with E-state index in [0.717, 1.165) is 39.8 Å². The summed E-state index contributed by atoms with van der Waals surface area (Å²) in [5.74, 6) is -1.78. The molecule has 2 aliphatic carbocycles. The fourth-order valence-electron chi connectivity index (χ4n) is 5.28. The second-order valence-electron chi connectivity index (χ2n) is 8.68. The van der Waals surface area contributed by atoms with E-state index in [1.807, 2.05) is 26.0 Å². The molecule has 0 radical (unpaired) electrons. The van der Waals surface area contributed by atoms with Gasteiger partial charge in [0.15, 0.2) is 6.61 Å². The minimum absolute atomic E-state index is 0.257. The van der Waals surface area contributed by atoms with E-state index in [1.165, 1.54) is 6.92 Å². The van der Waals surface area contributed by atoms with Gasteiger partial charge in [-0.25, -0.2) is 4.79 Å². The van der Waals surface area contributed by atoms with Crippen LogP contribution in [0.4, 0.5) is 5.69 Å². The van der Waals surface area contributed by atoms with Gasteiger partial charge >= 0.3 is 5.97 Å². The molecule has 0 aromatic heterocycles. The zero-order valence-corrected chi connectivity index (χ0v) is 18.8. The number of hydrogen-bond acceptors (Lipinski definition) is 5. The van der Waals surface area contributed by atoms with Crippen molar-refractivity contribution < 1.29 is 23.9 Å². The number of carbonyl (C=O) groups is 4. The number of benzene rings is 1. The molecule has 3 aliphatic rings. The molecule has 1 N–H and O–H groups in total. The lowest BCUT2D eigenvalue weighted by molar-refractivity contribution is -0.159. The number of fused-ring (bicyclic) bond motifs is 5. The van der Waals surface area contributed by atoms with Crippen LogP contribution in [0.1, 0.15) is 37.3 Å². The number of nitrogens with one attached hydrogen (secondary N) is 1. The van der Waals surface area contributed by atoms with Crippen molar-refractivity contribution in [2.24, 2.45) is 23.7 Å². The number of anilines is 1. The molecule has 2 bridgehead atoms. The van der Waals surface area contributed by atoms with Gasteiger partial charge in [-0.1, -0.05) is 15.9 Å². The third kappa shape index (κ3) is 3.45. The van der Waals surface area contributed by atoms with E-state index in [4.69, 9.17) is 4.74 Å². The molecule has 7 nitrogen and oxygen atoms in total. The summed E-state index contributed by atoms with van der Waals surface area (Å²) in [6.07, 6.45) is 2.90. The second kappa shape index (κ2) is 7.80. The lowest BCUT2D eigenvalue weighted by Gasteiger charge is -2.23. The maximum Gasteiger partial charge on any atom is 0.329 e. The van der Waals surface area contributed by atoms with Crippen LogP contribution in [0.5, 0.6) is 0 Å². The minimum Gasteiger partial charge on any atom is -0.454 e. The Hall–Kier alpha value is -2.22. The first-order chi connectivity index (χ1) is 14.2. The average Bonchev–Trinajstić information content (AvgIpc) is 3.37. The maximum absolute atomic E-state index is 12.8. The minimum atomic E-state index is -1.03. The molecular weight excluding hydrogens is 452 g/mol. The summed E-state index contributed by atoms with van der Waals surface area (Å²) in [7, 11) is 0. The number of rotatable bonds is 5. The summed E-state index contributed by atoms with van der Waals surface area (Å²) in [6, 6.07) is 2.70. The highest BCUT2D eigenvalue weighted by atomic mass is 79.9. The first-order valence-electron chi connectivity index (χ1n) is 10.3. The Bertz CT molecular complexity index is 918. The van der Waals surface area contributed by atoms with E-state index in [0.29, 0.717) is 5.69 Å². The van der Waals surface area contributed by atoms with Crippen LogP contribution in [0.15, 0.2) is 16.6 Å².